The second-order valence-electron chi connectivity index (χ2n) is 10.5. The van der Waals surface area contributed by atoms with Crippen molar-refractivity contribution in [2.45, 2.75) is 51.2 Å². The fraction of sp³-hybridized carbons (Fsp3) is 0.310. The second-order valence-corrected chi connectivity index (χ2v) is 11.5. The van der Waals surface area contributed by atoms with E-state index in [-0.39, 0.29) is 28.4 Å². The molecule has 2 aromatic carbocycles. The van der Waals surface area contributed by atoms with Gasteiger partial charge in [-0.2, -0.15) is 0 Å². The van der Waals surface area contributed by atoms with Gasteiger partial charge in [0.05, 0.1) is 11.3 Å². The van der Waals surface area contributed by atoms with Crippen LogP contribution in [0.15, 0.2) is 75.8 Å². The van der Waals surface area contributed by atoms with Gasteiger partial charge in [0.15, 0.2) is 10.9 Å². The monoisotopic (exact) mass is 514 g/mol. The Morgan fingerprint density at radius 2 is 1.81 bits per heavy atom. The number of nitrogens with one attached hydrogen (secondary N) is 3. The molecule has 2 aliphatic rings. The minimum atomic E-state index is -0.486. The van der Waals surface area contributed by atoms with Crippen molar-refractivity contribution in [2.24, 2.45) is 5.41 Å². The topological polar surface area (TPSA) is 104 Å². The van der Waals surface area contributed by atoms with Crippen molar-refractivity contribution in [2.75, 3.05) is 11.1 Å². The number of H-pyrrole nitrogens is 1. The third-order valence-electron chi connectivity index (χ3n) is 6.78. The van der Waals surface area contributed by atoms with E-state index in [0.29, 0.717) is 41.5 Å². The van der Waals surface area contributed by atoms with Gasteiger partial charge in [0.2, 0.25) is 5.91 Å². The number of ketones is 1. The van der Waals surface area contributed by atoms with E-state index in [0.717, 1.165) is 22.4 Å². The number of hydrogen-bond donors (Lipinski definition) is 3. The van der Waals surface area contributed by atoms with Crippen LogP contribution in [-0.2, 0) is 16.1 Å². The van der Waals surface area contributed by atoms with E-state index >= 15 is 0 Å². The summed E-state index contributed by atoms with van der Waals surface area (Å²) in [6.07, 6.45) is 1.12. The number of fused-ring (bicyclic) bond motifs is 1. The minimum Gasteiger partial charge on any atom is -0.351 e. The van der Waals surface area contributed by atoms with E-state index in [2.05, 4.69) is 29.5 Å². The lowest BCUT2D eigenvalue weighted by molar-refractivity contribution is -0.119. The quantitative estimate of drug-likeness (QED) is 0.326. The van der Waals surface area contributed by atoms with E-state index < -0.39 is 5.92 Å². The summed E-state index contributed by atoms with van der Waals surface area (Å²) in [4.78, 5) is 46.7. The Bertz CT molecular complexity index is 1440. The number of benzene rings is 2. The van der Waals surface area contributed by atoms with Gasteiger partial charge in [-0.3, -0.25) is 14.4 Å². The smallest absolute Gasteiger partial charge is 0.257 e. The van der Waals surface area contributed by atoms with Gasteiger partial charge in [-0.15, -0.1) is 0 Å². The molecule has 0 fully saturated rings. The van der Waals surface area contributed by atoms with Crippen LogP contribution in [0.5, 0.6) is 0 Å². The van der Waals surface area contributed by atoms with Crippen LogP contribution in [0.3, 0.4) is 0 Å². The predicted octanol–water partition coefficient (Wildman–Crippen LogP) is 4.69. The lowest BCUT2D eigenvalue weighted by atomic mass is 9.69. The number of carbonyl (C=O) groups is 2. The number of Topliss-reactive ketones (excluding diaryl/α,β-unsaturated/α-hetero) is 1. The maximum Gasteiger partial charge on any atom is 0.257 e. The molecule has 1 aromatic heterocycles. The summed E-state index contributed by atoms with van der Waals surface area (Å²) in [5.74, 6) is -0.00646. The Balaban J connectivity index is 1.43. The highest BCUT2D eigenvalue weighted by molar-refractivity contribution is 7.99. The summed E-state index contributed by atoms with van der Waals surface area (Å²) in [6.45, 7) is 6.60. The molecule has 2 heterocycles. The van der Waals surface area contributed by atoms with Gasteiger partial charge in [0.1, 0.15) is 5.82 Å². The summed E-state index contributed by atoms with van der Waals surface area (Å²) in [7, 11) is 0. The first-order valence-corrected chi connectivity index (χ1v) is 13.4. The zero-order valence-corrected chi connectivity index (χ0v) is 22.0. The predicted molar refractivity (Wildman–Crippen MR) is 146 cm³/mol. The molecule has 0 bridgehead atoms. The van der Waals surface area contributed by atoms with Crippen LogP contribution in [0.2, 0.25) is 0 Å². The number of thioether (sulfide) groups is 1. The van der Waals surface area contributed by atoms with Gasteiger partial charge in [-0.1, -0.05) is 85.8 Å². The molecular formula is C29H30N4O3S. The van der Waals surface area contributed by atoms with Gasteiger partial charge in [0, 0.05) is 30.2 Å². The number of nitrogens with zero attached hydrogens (tertiary/aromatic N) is 1. The van der Waals surface area contributed by atoms with Crippen LogP contribution in [-0.4, -0.2) is 27.4 Å². The molecule has 7 nitrogen and oxygen atoms in total. The molecule has 1 unspecified atom stereocenters. The van der Waals surface area contributed by atoms with E-state index in [1.807, 2.05) is 61.5 Å². The van der Waals surface area contributed by atoms with Crippen molar-refractivity contribution in [3.05, 3.63) is 98.5 Å². The maximum atomic E-state index is 13.4. The normalized spacial score (nSPS) is 18.0. The van der Waals surface area contributed by atoms with Crippen molar-refractivity contribution in [1.29, 1.82) is 0 Å². The van der Waals surface area contributed by atoms with E-state index in [9.17, 15) is 14.4 Å². The zero-order chi connectivity index (χ0) is 26.2. The molecule has 8 heteroatoms. The molecule has 0 radical (unpaired) electrons. The molecule has 1 aliphatic carbocycles. The minimum absolute atomic E-state index is 0.0583. The molecule has 0 saturated heterocycles. The average molecular weight is 515 g/mol. The third-order valence-corrected chi connectivity index (χ3v) is 7.66. The van der Waals surface area contributed by atoms with E-state index in [1.54, 1.807) is 0 Å². The molecular weight excluding hydrogens is 484 g/mol. The van der Waals surface area contributed by atoms with Crippen LogP contribution >= 0.6 is 11.8 Å². The molecule has 0 saturated carbocycles. The van der Waals surface area contributed by atoms with Crippen molar-refractivity contribution in [1.82, 2.24) is 15.3 Å². The van der Waals surface area contributed by atoms with Crippen molar-refractivity contribution in [3.63, 3.8) is 0 Å². The van der Waals surface area contributed by atoms with E-state index in [1.165, 1.54) is 11.8 Å². The Kier molecular flexibility index (Phi) is 6.77. The SMILES string of the molecule is Cc1ccc(C2C3=C(CC(C)(C)CC3=O)Nc3nc(SCC(=O)NCc4ccccc4)[nH]c(=O)c32)cc1. The Labute approximate surface area is 220 Å². The van der Waals surface area contributed by atoms with Crippen LogP contribution in [0.25, 0.3) is 0 Å². The highest BCUT2D eigenvalue weighted by atomic mass is 32.2. The number of allylic oxidation sites excluding steroid dienone is 2. The number of anilines is 1. The second kappa shape index (κ2) is 10.0. The highest BCUT2D eigenvalue weighted by Crippen LogP contribution is 2.47. The molecule has 3 N–H and O–H groups in total. The number of aromatic nitrogens is 2. The fourth-order valence-electron chi connectivity index (χ4n) is 5.04. The lowest BCUT2D eigenvalue weighted by Gasteiger charge is -2.38. The van der Waals surface area contributed by atoms with Crippen LogP contribution < -0.4 is 16.2 Å². The largest absolute Gasteiger partial charge is 0.351 e. The average Bonchev–Trinajstić information content (AvgIpc) is 2.85. The Hall–Kier alpha value is -3.65. The first kappa shape index (κ1) is 25.0. The van der Waals surface area contributed by atoms with Gasteiger partial charge < -0.3 is 15.6 Å². The van der Waals surface area contributed by atoms with E-state index in [4.69, 9.17) is 4.98 Å². The third kappa shape index (κ3) is 5.39. The number of aromatic amines is 1. The molecule has 190 valence electrons. The standard InChI is InChI=1S/C29H30N4O3S/c1-17-9-11-19(12-10-17)23-24-20(13-29(2,3)14-21(24)34)31-26-25(23)27(36)33-28(32-26)37-16-22(35)30-15-18-7-5-4-6-8-18/h4-12,23H,13-16H2,1-3H3,(H,30,35)(H2,31,32,33,36). The summed E-state index contributed by atoms with van der Waals surface area (Å²) in [5, 5.41) is 6.58. The summed E-state index contributed by atoms with van der Waals surface area (Å²) in [5.41, 5.74) is 4.44. The summed E-state index contributed by atoms with van der Waals surface area (Å²) < 4.78 is 0. The van der Waals surface area contributed by atoms with Gasteiger partial charge in [-0.05, 0) is 29.9 Å². The highest BCUT2D eigenvalue weighted by Gasteiger charge is 2.42. The van der Waals surface area contributed by atoms with Crippen LogP contribution in [0, 0.1) is 12.3 Å². The maximum absolute atomic E-state index is 13.4. The summed E-state index contributed by atoms with van der Waals surface area (Å²) >= 11 is 1.18. The molecule has 37 heavy (non-hydrogen) atoms. The van der Waals surface area contributed by atoms with Gasteiger partial charge in [-0.25, -0.2) is 4.98 Å². The van der Waals surface area contributed by atoms with Crippen molar-refractivity contribution >= 4 is 29.3 Å². The molecule has 3 aromatic rings. The fourth-order valence-corrected chi connectivity index (χ4v) is 5.73. The van der Waals surface area contributed by atoms with Crippen molar-refractivity contribution in [3.8, 4) is 0 Å². The number of hydrogen-bond acceptors (Lipinski definition) is 6. The zero-order valence-electron chi connectivity index (χ0n) is 21.2. The van der Waals surface area contributed by atoms with Crippen molar-refractivity contribution < 1.29 is 9.59 Å². The van der Waals surface area contributed by atoms with Crippen LogP contribution in [0.1, 0.15) is 54.9 Å². The molecule has 1 aliphatic heterocycles. The molecule has 0 spiro atoms. The molecule has 5 rings (SSSR count). The number of carbonyl (C=O) groups excluding carboxylic acids is 2. The van der Waals surface area contributed by atoms with Crippen LogP contribution in [0.4, 0.5) is 5.82 Å². The van der Waals surface area contributed by atoms with Gasteiger partial charge in [0.25, 0.3) is 5.56 Å². The van der Waals surface area contributed by atoms with Gasteiger partial charge >= 0.3 is 0 Å². The Morgan fingerprint density at radius 1 is 1.08 bits per heavy atom. The lowest BCUT2D eigenvalue weighted by Crippen LogP contribution is -2.37. The first-order chi connectivity index (χ1) is 17.7. The Morgan fingerprint density at radius 3 is 2.54 bits per heavy atom. The molecule has 1 amide bonds. The number of rotatable bonds is 6. The molecule has 1 atom stereocenters. The first-order valence-electron chi connectivity index (χ1n) is 12.4. The summed E-state index contributed by atoms with van der Waals surface area (Å²) in [6, 6.07) is 17.6. The number of aryl methyl sites for hydroxylation is 1. The number of amides is 1.